The Kier molecular flexibility index (Phi) is 3.78. The summed E-state index contributed by atoms with van der Waals surface area (Å²) in [4.78, 5) is 13.1. The standard InChI is InChI=1S/C13H16ClNO3/c1-8-6-10(14)4-5-11(8)17-7-12-15(3)13(16)9(2)18-12/h4-6,9,12H,7H2,1-3H3/t9-,12+/m0/s1. The van der Waals surface area contributed by atoms with Crippen LogP contribution in [0.25, 0.3) is 0 Å². The van der Waals surface area contributed by atoms with Gasteiger partial charge in [0.1, 0.15) is 18.5 Å². The van der Waals surface area contributed by atoms with E-state index in [9.17, 15) is 4.79 Å². The zero-order valence-electron chi connectivity index (χ0n) is 10.6. The summed E-state index contributed by atoms with van der Waals surface area (Å²) in [5.74, 6) is 0.736. The van der Waals surface area contributed by atoms with E-state index < -0.39 is 6.10 Å². The summed E-state index contributed by atoms with van der Waals surface area (Å²) < 4.78 is 11.2. The first kappa shape index (κ1) is 13.2. The Labute approximate surface area is 111 Å². The molecule has 1 aromatic carbocycles. The number of carbonyl (C=O) groups is 1. The summed E-state index contributed by atoms with van der Waals surface area (Å²) in [5, 5.41) is 0.679. The zero-order valence-corrected chi connectivity index (χ0v) is 11.4. The lowest BCUT2D eigenvalue weighted by Gasteiger charge is -2.19. The number of halogens is 1. The minimum Gasteiger partial charge on any atom is -0.489 e. The highest BCUT2D eigenvalue weighted by Crippen LogP contribution is 2.23. The van der Waals surface area contributed by atoms with Crippen LogP contribution in [0.5, 0.6) is 5.75 Å². The maximum atomic E-state index is 11.6. The van der Waals surface area contributed by atoms with Crippen molar-refractivity contribution in [1.82, 2.24) is 4.90 Å². The molecule has 0 aromatic heterocycles. The number of benzene rings is 1. The summed E-state index contributed by atoms with van der Waals surface area (Å²) in [6.45, 7) is 3.98. The molecule has 1 saturated heterocycles. The lowest BCUT2D eigenvalue weighted by atomic mass is 10.2. The Morgan fingerprint density at radius 3 is 2.78 bits per heavy atom. The van der Waals surface area contributed by atoms with E-state index in [1.807, 2.05) is 19.1 Å². The van der Waals surface area contributed by atoms with E-state index in [4.69, 9.17) is 21.1 Å². The first-order chi connectivity index (χ1) is 8.49. The summed E-state index contributed by atoms with van der Waals surface area (Å²) in [6, 6.07) is 5.43. The van der Waals surface area contributed by atoms with Gasteiger partial charge in [-0.3, -0.25) is 4.79 Å². The van der Waals surface area contributed by atoms with Crippen molar-refractivity contribution in [2.75, 3.05) is 13.7 Å². The number of nitrogens with zero attached hydrogens (tertiary/aromatic N) is 1. The average Bonchev–Trinajstić information content (AvgIpc) is 2.56. The van der Waals surface area contributed by atoms with Gasteiger partial charge in [0.15, 0.2) is 6.23 Å². The number of ether oxygens (including phenoxy) is 2. The summed E-state index contributed by atoms with van der Waals surface area (Å²) in [6.07, 6.45) is -0.725. The number of carbonyl (C=O) groups excluding carboxylic acids is 1. The quantitative estimate of drug-likeness (QED) is 0.845. The van der Waals surface area contributed by atoms with Gasteiger partial charge in [0.2, 0.25) is 0 Å². The van der Waals surface area contributed by atoms with Gasteiger partial charge < -0.3 is 14.4 Å². The number of likely N-dealkylation sites (N-methyl/N-ethyl adjacent to an activating group) is 1. The van der Waals surface area contributed by atoms with E-state index in [1.165, 1.54) is 0 Å². The lowest BCUT2D eigenvalue weighted by molar-refractivity contribution is -0.128. The molecule has 0 radical (unpaired) electrons. The molecule has 4 nitrogen and oxygen atoms in total. The van der Waals surface area contributed by atoms with Gasteiger partial charge in [-0.25, -0.2) is 0 Å². The van der Waals surface area contributed by atoms with Gasteiger partial charge in [0.05, 0.1) is 0 Å². The van der Waals surface area contributed by atoms with Crippen LogP contribution < -0.4 is 4.74 Å². The van der Waals surface area contributed by atoms with E-state index in [0.29, 0.717) is 11.6 Å². The largest absolute Gasteiger partial charge is 0.489 e. The Morgan fingerprint density at radius 2 is 2.22 bits per heavy atom. The Hall–Kier alpha value is -1.26. The summed E-state index contributed by atoms with van der Waals surface area (Å²) in [5.41, 5.74) is 0.961. The topological polar surface area (TPSA) is 38.8 Å². The van der Waals surface area contributed by atoms with Crippen LogP contribution in [0, 0.1) is 6.92 Å². The molecule has 1 aliphatic rings. The minimum atomic E-state index is -0.394. The molecule has 2 atom stereocenters. The molecule has 0 N–H and O–H groups in total. The highest BCUT2D eigenvalue weighted by molar-refractivity contribution is 6.30. The second kappa shape index (κ2) is 5.16. The van der Waals surface area contributed by atoms with Gasteiger partial charge in [-0.15, -0.1) is 0 Å². The van der Waals surface area contributed by atoms with Crippen molar-refractivity contribution in [3.05, 3.63) is 28.8 Å². The molecular weight excluding hydrogens is 254 g/mol. The molecule has 0 bridgehead atoms. The van der Waals surface area contributed by atoms with Crippen LogP contribution in [0.15, 0.2) is 18.2 Å². The molecule has 1 fully saturated rings. The second-order valence-electron chi connectivity index (χ2n) is 4.40. The third-order valence-corrected chi connectivity index (χ3v) is 3.24. The average molecular weight is 270 g/mol. The van der Waals surface area contributed by atoms with E-state index in [1.54, 1.807) is 24.9 Å². The molecule has 98 valence electrons. The SMILES string of the molecule is Cc1cc(Cl)ccc1OC[C@H]1O[C@@H](C)C(=O)N1C. The molecule has 2 rings (SSSR count). The van der Waals surface area contributed by atoms with Crippen molar-refractivity contribution in [2.24, 2.45) is 0 Å². The van der Waals surface area contributed by atoms with Crippen LogP contribution in [0.4, 0.5) is 0 Å². The van der Waals surface area contributed by atoms with Crippen LogP contribution in [-0.4, -0.2) is 36.8 Å². The fourth-order valence-corrected chi connectivity index (χ4v) is 2.13. The molecule has 1 aromatic rings. The molecule has 5 heteroatoms. The van der Waals surface area contributed by atoms with Crippen molar-refractivity contribution >= 4 is 17.5 Å². The molecular formula is C13H16ClNO3. The fourth-order valence-electron chi connectivity index (χ4n) is 1.90. The second-order valence-corrected chi connectivity index (χ2v) is 4.84. The maximum Gasteiger partial charge on any atom is 0.253 e. The smallest absolute Gasteiger partial charge is 0.253 e. The number of hydrogen-bond acceptors (Lipinski definition) is 3. The molecule has 0 spiro atoms. The predicted octanol–water partition coefficient (Wildman–Crippen LogP) is 2.23. The first-order valence-electron chi connectivity index (χ1n) is 5.80. The summed E-state index contributed by atoms with van der Waals surface area (Å²) in [7, 11) is 1.72. The van der Waals surface area contributed by atoms with Gasteiger partial charge in [-0.05, 0) is 37.6 Å². The van der Waals surface area contributed by atoms with E-state index in [0.717, 1.165) is 11.3 Å². The third kappa shape index (κ3) is 2.60. The van der Waals surface area contributed by atoms with Crippen LogP contribution in [0.2, 0.25) is 5.02 Å². The molecule has 0 saturated carbocycles. The van der Waals surface area contributed by atoms with Gasteiger partial charge >= 0.3 is 0 Å². The molecule has 0 unspecified atom stereocenters. The van der Waals surface area contributed by atoms with Crippen LogP contribution >= 0.6 is 11.6 Å². The normalized spacial score (nSPS) is 23.6. The van der Waals surface area contributed by atoms with Crippen molar-refractivity contribution in [3.8, 4) is 5.75 Å². The molecule has 1 aliphatic heterocycles. The first-order valence-corrected chi connectivity index (χ1v) is 6.18. The predicted molar refractivity (Wildman–Crippen MR) is 68.8 cm³/mol. The Bertz CT molecular complexity index is 464. The summed E-state index contributed by atoms with van der Waals surface area (Å²) >= 11 is 5.87. The molecule has 0 aliphatic carbocycles. The van der Waals surface area contributed by atoms with Crippen LogP contribution in [0.1, 0.15) is 12.5 Å². The van der Waals surface area contributed by atoms with E-state index in [-0.39, 0.29) is 12.1 Å². The van der Waals surface area contributed by atoms with E-state index in [2.05, 4.69) is 0 Å². The van der Waals surface area contributed by atoms with E-state index >= 15 is 0 Å². The lowest BCUT2D eigenvalue weighted by Crippen LogP contribution is -2.34. The van der Waals surface area contributed by atoms with Gasteiger partial charge in [0.25, 0.3) is 5.91 Å². The van der Waals surface area contributed by atoms with Gasteiger partial charge in [-0.1, -0.05) is 11.6 Å². The zero-order chi connectivity index (χ0) is 13.3. The van der Waals surface area contributed by atoms with Crippen molar-refractivity contribution < 1.29 is 14.3 Å². The molecule has 1 amide bonds. The van der Waals surface area contributed by atoms with Gasteiger partial charge in [-0.2, -0.15) is 0 Å². The van der Waals surface area contributed by atoms with Crippen molar-refractivity contribution in [2.45, 2.75) is 26.2 Å². The Balaban J connectivity index is 1.98. The Morgan fingerprint density at radius 1 is 1.50 bits per heavy atom. The monoisotopic (exact) mass is 269 g/mol. The molecule has 18 heavy (non-hydrogen) atoms. The van der Waals surface area contributed by atoms with Crippen LogP contribution in [-0.2, 0) is 9.53 Å². The van der Waals surface area contributed by atoms with Crippen molar-refractivity contribution in [1.29, 1.82) is 0 Å². The number of amides is 1. The molecule has 1 heterocycles. The number of aryl methyl sites for hydroxylation is 1. The number of hydrogen-bond donors (Lipinski definition) is 0. The van der Waals surface area contributed by atoms with Crippen molar-refractivity contribution in [3.63, 3.8) is 0 Å². The fraction of sp³-hybridized carbons (Fsp3) is 0.462. The highest BCUT2D eigenvalue weighted by Gasteiger charge is 2.35. The highest BCUT2D eigenvalue weighted by atomic mass is 35.5. The third-order valence-electron chi connectivity index (χ3n) is 3.01. The number of rotatable bonds is 3. The maximum absolute atomic E-state index is 11.6. The van der Waals surface area contributed by atoms with Crippen LogP contribution in [0.3, 0.4) is 0 Å². The van der Waals surface area contributed by atoms with Gasteiger partial charge in [0, 0.05) is 12.1 Å². The minimum absolute atomic E-state index is 0.0172.